The Labute approximate surface area is 302 Å². The number of benzene rings is 2. The van der Waals surface area contributed by atoms with Gasteiger partial charge in [-0.25, -0.2) is 59.7 Å². The van der Waals surface area contributed by atoms with Crippen molar-refractivity contribution in [3.63, 3.8) is 0 Å². The van der Waals surface area contributed by atoms with Gasteiger partial charge in [0.15, 0.2) is 0 Å². The van der Waals surface area contributed by atoms with E-state index in [2.05, 4.69) is 72.8 Å². The first-order valence-electron chi connectivity index (χ1n) is 13.2. The van der Waals surface area contributed by atoms with Crippen LogP contribution >= 0.6 is 65.0 Å². The molecule has 17 heteroatoms. The number of fused-ring (bicyclic) bond motifs is 2. The lowest BCUT2D eigenvalue weighted by atomic mass is 10.1. The molecule has 0 radical (unpaired) electrons. The minimum absolute atomic E-state index is 0.00680. The van der Waals surface area contributed by atoms with Gasteiger partial charge >= 0.3 is 23.3 Å². The molecule has 2 aromatic carbocycles. The molecule has 4 aromatic heterocycles. The molecular weight excluding hydrogens is 748 g/mol. The quantitative estimate of drug-likeness (QED) is 0.0762. The van der Waals surface area contributed by atoms with Crippen LogP contribution in [-0.2, 0) is 23.6 Å². The zero-order chi connectivity index (χ0) is 34.7. The molecule has 0 atom stereocenters. The van der Waals surface area contributed by atoms with Gasteiger partial charge in [0.05, 0.1) is 19.9 Å². The summed E-state index contributed by atoms with van der Waals surface area (Å²) in [6.07, 6.45) is 6.59. The van der Waals surface area contributed by atoms with Crippen molar-refractivity contribution >= 4 is 110 Å². The number of halogens is 6. The van der Waals surface area contributed by atoms with Crippen molar-refractivity contribution in [2.45, 2.75) is 0 Å². The number of hydrogen-bond donors (Lipinski definition) is 0. The van der Waals surface area contributed by atoms with Crippen LogP contribution in [-0.4, -0.2) is 66.6 Å². The molecule has 0 unspecified atom stereocenters. The molecule has 4 heterocycles. The first kappa shape index (κ1) is 38.3. The second-order valence-corrected chi connectivity index (χ2v) is 16.6. The normalized spacial score (nSPS) is 10.1. The van der Waals surface area contributed by atoms with Crippen molar-refractivity contribution in [1.29, 1.82) is 0 Å². The molecule has 0 aliphatic heterocycles. The van der Waals surface area contributed by atoms with Crippen molar-refractivity contribution in [3.8, 4) is 11.3 Å². The summed E-state index contributed by atoms with van der Waals surface area (Å²) < 4.78 is 13.3. The average molecular weight is 773 g/mol. The Bertz CT molecular complexity index is 1990. The number of aromatic nitrogens is 6. The van der Waals surface area contributed by atoms with E-state index in [1.54, 1.807) is 0 Å². The van der Waals surface area contributed by atoms with Gasteiger partial charge in [-0.3, -0.25) is 0 Å². The molecule has 0 spiro atoms. The number of para-hydroxylation sites is 2. The zero-order valence-corrected chi connectivity index (χ0v) is 30.9. The highest BCUT2D eigenvalue weighted by Crippen LogP contribution is 2.31. The molecule has 10 nitrogen and oxygen atoms in total. The fourth-order valence-corrected chi connectivity index (χ4v) is 4.68. The number of hydrogen-bond acceptors (Lipinski definition) is 8. The number of carbonyl (C=O) groups excluding carboxylic acids is 2. The summed E-state index contributed by atoms with van der Waals surface area (Å²) in [7, 11) is 21.4. The molecule has 47 heavy (non-hydrogen) atoms. The minimum Gasteiger partial charge on any atom is -0.465 e. The van der Waals surface area contributed by atoms with Crippen LogP contribution < -0.4 is 0 Å². The molecule has 0 N–H and O–H groups in total. The van der Waals surface area contributed by atoms with Gasteiger partial charge in [0.2, 0.25) is 10.6 Å². The highest BCUT2D eigenvalue weighted by molar-refractivity contribution is 7.54. The van der Waals surface area contributed by atoms with Gasteiger partial charge in [0, 0.05) is 60.9 Å². The van der Waals surface area contributed by atoms with E-state index in [9.17, 15) is 9.59 Å². The third-order valence-corrected chi connectivity index (χ3v) is 6.88. The molecule has 0 aliphatic rings. The number of nitrogens with zero attached hydrogens (tertiary/aromatic N) is 6. The lowest BCUT2D eigenvalue weighted by Crippen LogP contribution is -2.06. The molecule has 0 aliphatic carbocycles. The summed E-state index contributed by atoms with van der Waals surface area (Å²) in [5.74, 6) is -1.08. The summed E-state index contributed by atoms with van der Waals surface area (Å²) in [4.78, 5) is 38.0. The fourth-order valence-electron chi connectivity index (χ4n) is 4.17. The van der Waals surface area contributed by atoms with Crippen LogP contribution in [0.15, 0.2) is 79.4 Å². The van der Waals surface area contributed by atoms with Crippen LogP contribution in [0.3, 0.4) is 0 Å². The highest BCUT2D eigenvalue weighted by Gasteiger charge is 2.20. The van der Waals surface area contributed by atoms with Crippen molar-refractivity contribution in [2.24, 2.45) is 14.1 Å². The zero-order valence-electron chi connectivity index (χ0n) is 25.2. The molecule has 0 amide bonds. The molecule has 0 saturated heterocycles. The van der Waals surface area contributed by atoms with Crippen molar-refractivity contribution < 1.29 is 19.1 Å². The van der Waals surface area contributed by atoms with Gasteiger partial charge in [0.25, 0.3) is 0 Å². The number of esters is 2. The topological polar surface area (TPSA) is 114 Å². The van der Waals surface area contributed by atoms with E-state index >= 15 is 0 Å². The smallest absolute Gasteiger partial charge is 0.465 e. The fraction of sp³-hybridized carbons (Fsp3) is 0.133. The molecule has 0 fully saturated rings. The van der Waals surface area contributed by atoms with Crippen molar-refractivity contribution in [3.05, 3.63) is 106 Å². The number of carbonyl (C=O) groups is 2. The third-order valence-electron chi connectivity index (χ3n) is 6.23. The van der Waals surface area contributed by atoms with Gasteiger partial charge in [0.1, 0.15) is 16.3 Å². The predicted molar refractivity (Wildman–Crippen MR) is 190 cm³/mol. The molecular formula is C30H25AlCl6N6O4. The maximum Gasteiger partial charge on any atom is 0.643 e. The van der Waals surface area contributed by atoms with Gasteiger partial charge in [-0.05, 0) is 46.8 Å². The average Bonchev–Trinajstić information content (AvgIpc) is 3.60. The van der Waals surface area contributed by atoms with Gasteiger partial charge in [-0.1, -0.05) is 48.0 Å². The maximum atomic E-state index is 11.9. The summed E-state index contributed by atoms with van der Waals surface area (Å²) in [6, 6.07) is 18.3. The molecule has 244 valence electrons. The van der Waals surface area contributed by atoms with E-state index < -0.39 is 23.3 Å². The van der Waals surface area contributed by atoms with Crippen molar-refractivity contribution in [1.82, 2.24) is 29.1 Å². The maximum absolute atomic E-state index is 11.9. The van der Waals surface area contributed by atoms with Crippen LogP contribution in [0.4, 0.5) is 0 Å². The summed E-state index contributed by atoms with van der Waals surface area (Å²) >= 11 is 15.1. The Morgan fingerprint density at radius 2 is 1.26 bits per heavy atom. The van der Waals surface area contributed by atoms with Crippen molar-refractivity contribution in [2.75, 3.05) is 14.2 Å². The monoisotopic (exact) mass is 770 g/mol. The van der Waals surface area contributed by atoms with Gasteiger partial charge < -0.3 is 18.6 Å². The SMILES string of the molecule is COC(=O)c1cnc(Cl)nc1-c1cn(C)c2ccccc12.COC(=O)c1cnc(Cl)nc1Cl.Cn1ccc2ccccc21.[Cl][Al]([Cl])[Cl]. The predicted octanol–water partition coefficient (Wildman–Crippen LogP) is 8.51. The number of ether oxygens (including phenoxy) is 2. The van der Waals surface area contributed by atoms with Crippen LogP contribution in [0, 0.1) is 0 Å². The summed E-state index contributed by atoms with van der Waals surface area (Å²) in [5, 5.41) is 2.37. The van der Waals surface area contributed by atoms with E-state index in [0.29, 0.717) is 11.3 Å². The summed E-state index contributed by atoms with van der Waals surface area (Å²) in [6.45, 7) is 0. The standard InChI is InChI=1S/C15H12ClN3O2.C9H9N.C6H4Cl2N2O2.Al.3ClH/c1-19-8-11(9-5-3-4-6-12(9)19)13-10(14(20)21-2)7-17-15(16)18-13;1-10-7-6-8-4-2-3-5-9(8)10;1-12-5(11)3-2-9-6(8)10-4(3)7;;;;/h3-8H,1-2H3;2-7H,1H3;2H,1H3;;3*1H/q;;;+3;;;/p-3. The molecule has 0 saturated carbocycles. The Morgan fingerprint density at radius 3 is 1.85 bits per heavy atom. The first-order valence-corrected chi connectivity index (χ1v) is 19.6. The van der Waals surface area contributed by atoms with E-state index in [1.807, 2.05) is 42.1 Å². The second kappa shape index (κ2) is 18.4. The third kappa shape index (κ3) is 10.7. The Kier molecular flexibility index (Phi) is 15.0. The van der Waals surface area contributed by atoms with E-state index in [1.165, 1.54) is 37.5 Å². The van der Waals surface area contributed by atoms with Crippen LogP contribution in [0.25, 0.3) is 33.1 Å². The van der Waals surface area contributed by atoms with Crippen LogP contribution in [0.1, 0.15) is 20.7 Å². The molecule has 6 rings (SSSR count). The minimum atomic E-state index is -1.72. The molecule has 6 aromatic rings. The Hall–Kier alpha value is -3.11. The Balaban J connectivity index is 0.000000195. The van der Waals surface area contributed by atoms with E-state index in [-0.39, 0.29) is 21.3 Å². The molecule has 0 bridgehead atoms. The van der Waals surface area contributed by atoms with Crippen LogP contribution in [0.5, 0.6) is 0 Å². The van der Waals surface area contributed by atoms with E-state index in [0.717, 1.165) is 16.5 Å². The largest absolute Gasteiger partial charge is 0.643 e. The number of rotatable bonds is 3. The second-order valence-electron chi connectivity index (χ2n) is 9.13. The first-order chi connectivity index (χ1) is 22.4. The highest BCUT2D eigenvalue weighted by atomic mass is 35.8. The number of aryl methyl sites for hydroxylation is 2. The van der Waals surface area contributed by atoms with Crippen LogP contribution in [0.2, 0.25) is 15.7 Å². The number of methoxy groups -OCH3 is 2. The van der Waals surface area contributed by atoms with E-state index in [4.69, 9.17) is 69.7 Å². The van der Waals surface area contributed by atoms with Gasteiger partial charge in [-0.15, -0.1) is 0 Å². The lowest BCUT2D eigenvalue weighted by molar-refractivity contribution is 0.0591. The lowest BCUT2D eigenvalue weighted by Gasteiger charge is -2.06. The summed E-state index contributed by atoms with van der Waals surface area (Å²) in [5.41, 5.74) is 4.01. The van der Waals surface area contributed by atoms with Gasteiger partial charge in [-0.2, -0.15) is 0 Å². The Morgan fingerprint density at radius 1 is 0.723 bits per heavy atom.